The Bertz CT molecular complexity index is 843. The molecule has 0 unspecified atom stereocenters. The van der Waals surface area contributed by atoms with E-state index in [2.05, 4.69) is 22.3 Å². The predicted octanol–water partition coefficient (Wildman–Crippen LogP) is 1.55. The van der Waals surface area contributed by atoms with Crippen LogP contribution >= 0.6 is 0 Å². The summed E-state index contributed by atoms with van der Waals surface area (Å²) in [4.78, 5) is 14.1. The van der Waals surface area contributed by atoms with Gasteiger partial charge in [0.1, 0.15) is 0 Å². The number of sulfonamides is 1. The molecule has 1 saturated heterocycles. The van der Waals surface area contributed by atoms with Crippen LogP contribution in [0, 0.1) is 0 Å². The van der Waals surface area contributed by atoms with Gasteiger partial charge in [0.05, 0.1) is 4.90 Å². The van der Waals surface area contributed by atoms with Gasteiger partial charge in [-0.3, -0.25) is 9.69 Å². The normalized spacial score (nSPS) is 16.3. The molecule has 7 heteroatoms. The second-order valence-electron chi connectivity index (χ2n) is 6.27. The molecule has 26 heavy (non-hydrogen) atoms. The summed E-state index contributed by atoms with van der Waals surface area (Å²) in [6.07, 6.45) is 0. The van der Waals surface area contributed by atoms with E-state index >= 15 is 0 Å². The highest BCUT2D eigenvalue weighted by molar-refractivity contribution is 7.89. The molecule has 1 aliphatic rings. The Morgan fingerprint density at radius 2 is 1.58 bits per heavy atom. The Morgan fingerprint density at radius 3 is 2.15 bits per heavy atom. The Balaban J connectivity index is 1.63. The second-order valence-corrected chi connectivity index (χ2v) is 8.21. The third-order valence-corrected chi connectivity index (χ3v) is 6.47. The van der Waals surface area contributed by atoms with Gasteiger partial charge in [0, 0.05) is 45.3 Å². The summed E-state index contributed by atoms with van der Waals surface area (Å²) in [7, 11) is -1.99. The molecule has 1 fully saturated rings. The van der Waals surface area contributed by atoms with Gasteiger partial charge in [-0.05, 0) is 29.8 Å². The van der Waals surface area contributed by atoms with Crippen LogP contribution in [0.1, 0.15) is 15.9 Å². The number of carbonyl (C=O) groups is 1. The first-order valence-corrected chi connectivity index (χ1v) is 10.0. The minimum Gasteiger partial charge on any atom is -0.355 e. The van der Waals surface area contributed by atoms with Crippen molar-refractivity contribution in [3.8, 4) is 0 Å². The van der Waals surface area contributed by atoms with Crippen LogP contribution in [-0.2, 0) is 16.6 Å². The number of hydrogen-bond acceptors (Lipinski definition) is 4. The van der Waals surface area contributed by atoms with Gasteiger partial charge in [-0.2, -0.15) is 4.31 Å². The van der Waals surface area contributed by atoms with Crippen LogP contribution in [0.3, 0.4) is 0 Å². The number of amides is 1. The first kappa shape index (κ1) is 18.6. The van der Waals surface area contributed by atoms with E-state index in [1.54, 1.807) is 7.05 Å². The minimum atomic E-state index is -3.53. The van der Waals surface area contributed by atoms with Crippen molar-refractivity contribution >= 4 is 15.9 Å². The molecule has 0 bridgehead atoms. The van der Waals surface area contributed by atoms with Crippen LogP contribution in [0.5, 0.6) is 0 Å². The largest absolute Gasteiger partial charge is 0.355 e. The molecule has 1 amide bonds. The van der Waals surface area contributed by atoms with Gasteiger partial charge < -0.3 is 5.32 Å². The first-order valence-electron chi connectivity index (χ1n) is 8.59. The van der Waals surface area contributed by atoms with E-state index in [1.807, 2.05) is 18.2 Å². The molecule has 138 valence electrons. The van der Waals surface area contributed by atoms with Gasteiger partial charge in [0.15, 0.2) is 0 Å². The van der Waals surface area contributed by atoms with Gasteiger partial charge in [0.2, 0.25) is 10.0 Å². The molecule has 0 spiro atoms. The van der Waals surface area contributed by atoms with Crippen molar-refractivity contribution in [1.82, 2.24) is 14.5 Å². The lowest BCUT2D eigenvalue weighted by molar-refractivity contribution is 0.0963. The molecule has 1 aliphatic heterocycles. The summed E-state index contributed by atoms with van der Waals surface area (Å²) in [5, 5.41) is 2.52. The summed E-state index contributed by atoms with van der Waals surface area (Å²) in [5.74, 6) is -0.233. The monoisotopic (exact) mass is 373 g/mol. The molecule has 3 rings (SSSR count). The average Bonchev–Trinajstić information content (AvgIpc) is 2.68. The van der Waals surface area contributed by atoms with E-state index in [-0.39, 0.29) is 10.8 Å². The predicted molar refractivity (Wildman–Crippen MR) is 100 cm³/mol. The molecule has 0 aromatic heterocycles. The minimum absolute atomic E-state index is 0.224. The summed E-state index contributed by atoms with van der Waals surface area (Å²) in [6, 6.07) is 16.2. The Labute approximate surface area is 154 Å². The van der Waals surface area contributed by atoms with Crippen LogP contribution in [0.2, 0.25) is 0 Å². The Hall–Kier alpha value is -2.22. The molecule has 0 saturated carbocycles. The van der Waals surface area contributed by atoms with Crippen molar-refractivity contribution in [2.24, 2.45) is 0 Å². The van der Waals surface area contributed by atoms with E-state index in [9.17, 15) is 13.2 Å². The quantitative estimate of drug-likeness (QED) is 0.863. The molecule has 6 nitrogen and oxygen atoms in total. The number of carbonyl (C=O) groups excluding carboxylic acids is 1. The zero-order chi connectivity index (χ0) is 18.6. The standard InChI is InChI=1S/C19H23N3O3S/c1-20-19(23)17-7-9-18(10-8-17)26(24,25)22-13-11-21(12-14-22)15-16-5-3-2-4-6-16/h2-10H,11-15H2,1H3,(H,20,23). The average molecular weight is 373 g/mol. The number of benzene rings is 2. The van der Waals surface area contributed by atoms with Gasteiger partial charge in [0.25, 0.3) is 5.91 Å². The fourth-order valence-electron chi connectivity index (χ4n) is 3.04. The zero-order valence-corrected chi connectivity index (χ0v) is 15.6. The van der Waals surface area contributed by atoms with Crippen molar-refractivity contribution < 1.29 is 13.2 Å². The lowest BCUT2D eigenvalue weighted by Crippen LogP contribution is -2.48. The molecule has 0 aliphatic carbocycles. The van der Waals surface area contributed by atoms with Gasteiger partial charge in [-0.25, -0.2) is 8.42 Å². The van der Waals surface area contributed by atoms with Gasteiger partial charge >= 0.3 is 0 Å². The van der Waals surface area contributed by atoms with E-state index in [0.717, 1.165) is 6.54 Å². The molecule has 1 heterocycles. The third-order valence-electron chi connectivity index (χ3n) is 4.56. The summed E-state index contributed by atoms with van der Waals surface area (Å²) in [5.41, 5.74) is 1.67. The fraction of sp³-hybridized carbons (Fsp3) is 0.316. The lowest BCUT2D eigenvalue weighted by atomic mass is 10.2. The van der Waals surface area contributed by atoms with Crippen LogP contribution in [0.15, 0.2) is 59.5 Å². The molecule has 1 N–H and O–H groups in total. The van der Waals surface area contributed by atoms with Crippen LogP contribution in [0.4, 0.5) is 0 Å². The summed E-state index contributed by atoms with van der Waals surface area (Å²) >= 11 is 0. The Kier molecular flexibility index (Phi) is 5.70. The van der Waals surface area contributed by atoms with Crippen molar-refractivity contribution in [2.45, 2.75) is 11.4 Å². The highest BCUT2D eigenvalue weighted by Crippen LogP contribution is 2.19. The van der Waals surface area contributed by atoms with E-state index in [1.165, 1.54) is 34.1 Å². The molecular weight excluding hydrogens is 350 g/mol. The SMILES string of the molecule is CNC(=O)c1ccc(S(=O)(=O)N2CCN(Cc3ccccc3)CC2)cc1. The van der Waals surface area contributed by atoms with Crippen molar-refractivity contribution in [3.05, 3.63) is 65.7 Å². The maximum Gasteiger partial charge on any atom is 0.251 e. The molecule has 2 aromatic rings. The van der Waals surface area contributed by atoms with Crippen molar-refractivity contribution in [2.75, 3.05) is 33.2 Å². The smallest absolute Gasteiger partial charge is 0.251 e. The van der Waals surface area contributed by atoms with E-state index in [4.69, 9.17) is 0 Å². The number of piperazine rings is 1. The number of nitrogens with one attached hydrogen (secondary N) is 1. The number of rotatable bonds is 5. The summed E-state index contributed by atoms with van der Waals surface area (Å²) in [6.45, 7) is 3.16. The maximum atomic E-state index is 12.8. The maximum absolute atomic E-state index is 12.8. The van der Waals surface area contributed by atoms with Gasteiger partial charge in [-0.15, -0.1) is 0 Å². The molecule has 2 aromatic carbocycles. The fourth-order valence-corrected chi connectivity index (χ4v) is 4.46. The Morgan fingerprint density at radius 1 is 0.962 bits per heavy atom. The molecule has 0 radical (unpaired) electrons. The lowest BCUT2D eigenvalue weighted by Gasteiger charge is -2.34. The number of hydrogen-bond donors (Lipinski definition) is 1. The zero-order valence-electron chi connectivity index (χ0n) is 14.8. The molecule has 0 atom stereocenters. The van der Waals surface area contributed by atoms with Gasteiger partial charge in [-0.1, -0.05) is 30.3 Å². The van der Waals surface area contributed by atoms with Crippen LogP contribution in [-0.4, -0.2) is 56.8 Å². The third kappa shape index (κ3) is 4.12. The van der Waals surface area contributed by atoms with Crippen LogP contribution in [0.25, 0.3) is 0 Å². The van der Waals surface area contributed by atoms with E-state index in [0.29, 0.717) is 31.7 Å². The van der Waals surface area contributed by atoms with Crippen LogP contribution < -0.4 is 5.32 Å². The van der Waals surface area contributed by atoms with E-state index < -0.39 is 10.0 Å². The van der Waals surface area contributed by atoms with Crippen molar-refractivity contribution in [1.29, 1.82) is 0 Å². The number of nitrogens with zero attached hydrogens (tertiary/aromatic N) is 2. The highest BCUT2D eigenvalue weighted by atomic mass is 32.2. The molecular formula is C19H23N3O3S. The summed E-state index contributed by atoms with van der Waals surface area (Å²) < 4.78 is 27.1. The second kappa shape index (κ2) is 7.99. The topological polar surface area (TPSA) is 69.7 Å². The van der Waals surface area contributed by atoms with Crippen molar-refractivity contribution in [3.63, 3.8) is 0 Å². The first-order chi connectivity index (χ1) is 12.5. The highest BCUT2D eigenvalue weighted by Gasteiger charge is 2.28.